The predicted molar refractivity (Wildman–Crippen MR) is 110 cm³/mol. The normalized spacial score (nSPS) is 15.0. The van der Waals surface area contributed by atoms with Gasteiger partial charge in [-0.25, -0.2) is 0 Å². The van der Waals surface area contributed by atoms with E-state index in [4.69, 9.17) is 14.2 Å². The van der Waals surface area contributed by atoms with Crippen molar-refractivity contribution in [1.29, 1.82) is 0 Å². The molecule has 5 heteroatoms. The van der Waals surface area contributed by atoms with Gasteiger partial charge in [-0.15, -0.1) is 0 Å². The number of carbonyl (C=O) groups excluding carboxylic acids is 1. The van der Waals surface area contributed by atoms with E-state index in [-0.39, 0.29) is 5.78 Å². The summed E-state index contributed by atoms with van der Waals surface area (Å²) in [5.74, 6) is 1.72. The molecule has 0 amide bonds. The Kier molecular flexibility index (Phi) is 4.59. The summed E-state index contributed by atoms with van der Waals surface area (Å²) in [7, 11) is 4.74. The molecule has 1 aliphatic rings. The number of H-pyrrole nitrogens is 1. The number of aryl methyl sites for hydroxylation is 2. The second kappa shape index (κ2) is 7.08. The first kappa shape index (κ1) is 18.2. The predicted octanol–water partition coefficient (Wildman–Crippen LogP) is 4.71. The number of ether oxygens (including phenoxy) is 3. The number of benzene rings is 2. The number of rotatable bonds is 4. The van der Waals surface area contributed by atoms with Crippen molar-refractivity contribution in [1.82, 2.24) is 4.98 Å². The number of hydrogen-bond donors (Lipinski definition) is 1. The zero-order valence-electron chi connectivity index (χ0n) is 16.5. The molecular weight excluding hydrogens is 354 g/mol. The maximum absolute atomic E-state index is 13.1. The number of carbonyl (C=O) groups is 1. The van der Waals surface area contributed by atoms with Crippen molar-refractivity contribution in [3.63, 3.8) is 0 Å². The van der Waals surface area contributed by atoms with Gasteiger partial charge in [-0.2, -0.15) is 0 Å². The van der Waals surface area contributed by atoms with Crippen molar-refractivity contribution in [3.05, 3.63) is 58.3 Å². The van der Waals surface area contributed by atoms with E-state index < -0.39 is 0 Å². The monoisotopic (exact) mass is 377 g/mol. The van der Waals surface area contributed by atoms with E-state index in [1.165, 1.54) is 5.56 Å². The maximum Gasteiger partial charge on any atom is 0.205 e. The molecule has 1 N–H and O–H groups in total. The Morgan fingerprint density at radius 1 is 0.964 bits per heavy atom. The van der Waals surface area contributed by atoms with Gasteiger partial charge in [-0.05, 0) is 61.2 Å². The van der Waals surface area contributed by atoms with Crippen LogP contribution in [0, 0.1) is 6.92 Å². The summed E-state index contributed by atoms with van der Waals surface area (Å²) in [6, 6.07) is 9.95. The zero-order chi connectivity index (χ0) is 19.8. The molecule has 144 valence electrons. The van der Waals surface area contributed by atoms with Crippen LogP contribution in [0.2, 0.25) is 0 Å². The van der Waals surface area contributed by atoms with Crippen LogP contribution < -0.4 is 14.2 Å². The lowest BCUT2D eigenvalue weighted by Gasteiger charge is -2.16. The molecule has 3 aromatic rings. The van der Waals surface area contributed by atoms with Crippen molar-refractivity contribution in [2.75, 3.05) is 21.3 Å². The summed E-state index contributed by atoms with van der Waals surface area (Å²) in [6.45, 7) is 2.07. The summed E-state index contributed by atoms with van der Waals surface area (Å²) in [5.41, 5.74) is 5.63. The minimum Gasteiger partial charge on any atom is -0.493 e. The second-order valence-corrected chi connectivity index (χ2v) is 6.98. The van der Waals surface area contributed by atoms with Gasteiger partial charge in [0.05, 0.1) is 27.0 Å². The summed E-state index contributed by atoms with van der Waals surface area (Å²) in [4.78, 5) is 16.4. The zero-order valence-corrected chi connectivity index (χ0v) is 16.5. The first-order valence-corrected chi connectivity index (χ1v) is 9.22. The largest absolute Gasteiger partial charge is 0.493 e. The first-order valence-electron chi connectivity index (χ1n) is 9.22. The Bertz CT molecular complexity index is 1080. The van der Waals surface area contributed by atoms with Crippen LogP contribution in [0.5, 0.6) is 17.2 Å². The van der Waals surface area contributed by atoms with E-state index in [1.807, 2.05) is 24.3 Å². The summed E-state index contributed by atoms with van der Waals surface area (Å²) < 4.78 is 16.2. The van der Waals surface area contributed by atoms with Crippen LogP contribution in [0.3, 0.4) is 0 Å². The lowest BCUT2D eigenvalue weighted by Crippen LogP contribution is -2.13. The van der Waals surface area contributed by atoms with Crippen molar-refractivity contribution in [2.24, 2.45) is 0 Å². The molecule has 0 fully saturated rings. The van der Waals surface area contributed by atoms with Crippen molar-refractivity contribution < 1.29 is 19.0 Å². The molecule has 0 atom stereocenters. The van der Waals surface area contributed by atoms with Crippen molar-refractivity contribution >= 4 is 22.8 Å². The van der Waals surface area contributed by atoms with Gasteiger partial charge in [-0.1, -0.05) is 11.6 Å². The SMILES string of the molecule is COc1cc(/C=C2\CCc3c([nH]c4ccc(C)cc34)C2=O)cc(OC)c1OC. The topological polar surface area (TPSA) is 60.6 Å². The van der Waals surface area contributed by atoms with Crippen LogP contribution in [0.4, 0.5) is 0 Å². The second-order valence-electron chi connectivity index (χ2n) is 6.98. The number of aromatic nitrogens is 1. The summed E-state index contributed by atoms with van der Waals surface area (Å²) >= 11 is 0. The fourth-order valence-electron chi connectivity index (χ4n) is 3.87. The molecule has 28 heavy (non-hydrogen) atoms. The number of Topliss-reactive ketones (excluding diaryl/α,β-unsaturated/α-hetero) is 1. The van der Waals surface area contributed by atoms with E-state index >= 15 is 0 Å². The number of hydrogen-bond acceptors (Lipinski definition) is 4. The Hall–Kier alpha value is -3.21. The van der Waals surface area contributed by atoms with Gasteiger partial charge < -0.3 is 19.2 Å². The van der Waals surface area contributed by atoms with E-state index in [0.29, 0.717) is 29.4 Å². The van der Waals surface area contributed by atoms with Gasteiger partial charge in [0.15, 0.2) is 11.5 Å². The highest BCUT2D eigenvalue weighted by Crippen LogP contribution is 2.39. The summed E-state index contributed by atoms with van der Waals surface area (Å²) in [6.07, 6.45) is 3.44. The molecule has 0 aliphatic heterocycles. The molecule has 0 spiro atoms. The quantitative estimate of drug-likeness (QED) is 0.669. The Morgan fingerprint density at radius 3 is 2.32 bits per heavy atom. The molecule has 1 aliphatic carbocycles. The van der Waals surface area contributed by atoms with Crippen molar-refractivity contribution in [2.45, 2.75) is 19.8 Å². The molecule has 4 rings (SSSR count). The highest BCUT2D eigenvalue weighted by atomic mass is 16.5. The fourth-order valence-corrected chi connectivity index (χ4v) is 3.87. The highest BCUT2D eigenvalue weighted by Gasteiger charge is 2.26. The van der Waals surface area contributed by atoms with E-state index in [0.717, 1.165) is 34.0 Å². The lowest BCUT2D eigenvalue weighted by atomic mass is 9.89. The number of ketones is 1. The van der Waals surface area contributed by atoms with Crippen molar-refractivity contribution in [3.8, 4) is 17.2 Å². The Balaban J connectivity index is 1.76. The lowest BCUT2D eigenvalue weighted by molar-refractivity contribution is 0.102. The third kappa shape index (κ3) is 2.93. The number of methoxy groups -OCH3 is 3. The van der Waals surface area contributed by atoms with E-state index in [1.54, 1.807) is 21.3 Å². The molecule has 1 aromatic heterocycles. The van der Waals surface area contributed by atoms with Gasteiger partial charge >= 0.3 is 0 Å². The smallest absolute Gasteiger partial charge is 0.205 e. The fraction of sp³-hybridized carbons (Fsp3) is 0.261. The van der Waals surface area contributed by atoms with Gasteiger partial charge in [-0.3, -0.25) is 4.79 Å². The van der Waals surface area contributed by atoms with Crippen LogP contribution in [-0.4, -0.2) is 32.1 Å². The Morgan fingerprint density at radius 2 is 1.68 bits per heavy atom. The summed E-state index contributed by atoms with van der Waals surface area (Å²) in [5, 5.41) is 1.15. The van der Waals surface area contributed by atoms with Crippen LogP contribution >= 0.6 is 0 Å². The molecule has 0 bridgehead atoms. The number of aromatic amines is 1. The molecule has 0 unspecified atom stereocenters. The minimum atomic E-state index is 0.0452. The van der Waals surface area contributed by atoms with E-state index in [9.17, 15) is 4.79 Å². The molecule has 5 nitrogen and oxygen atoms in total. The standard InChI is InChI=1S/C23H23NO4/c1-13-5-8-18-17(9-13)16-7-6-15(22(25)21(16)24-18)10-14-11-19(26-2)23(28-4)20(12-14)27-3/h5,8-12,24H,6-7H2,1-4H3/b15-10+. The molecular formula is C23H23NO4. The van der Waals surface area contributed by atoms with Crippen LogP contribution in [0.25, 0.3) is 17.0 Å². The van der Waals surface area contributed by atoms with Crippen LogP contribution in [0.15, 0.2) is 35.9 Å². The molecule has 2 aromatic carbocycles. The average molecular weight is 377 g/mol. The molecule has 0 saturated heterocycles. The number of nitrogens with one attached hydrogen (secondary N) is 1. The maximum atomic E-state index is 13.1. The van der Waals surface area contributed by atoms with Crippen LogP contribution in [-0.2, 0) is 6.42 Å². The number of allylic oxidation sites excluding steroid dienone is 1. The average Bonchev–Trinajstić information content (AvgIpc) is 3.07. The number of fused-ring (bicyclic) bond motifs is 3. The Labute approximate surface area is 163 Å². The van der Waals surface area contributed by atoms with E-state index in [2.05, 4.69) is 24.0 Å². The van der Waals surface area contributed by atoms with Gasteiger partial charge in [0, 0.05) is 16.5 Å². The first-order chi connectivity index (χ1) is 13.5. The van der Waals surface area contributed by atoms with Gasteiger partial charge in [0.1, 0.15) is 0 Å². The molecule has 0 saturated carbocycles. The third-order valence-corrected chi connectivity index (χ3v) is 5.25. The van der Waals surface area contributed by atoms with Gasteiger partial charge in [0.25, 0.3) is 0 Å². The highest BCUT2D eigenvalue weighted by molar-refractivity contribution is 6.15. The minimum absolute atomic E-state index is 0.0452. The van der Waals surface area contributed by atoms with Gasteiger partial charge in [0.2, 0.25) is 11.5 Å². The third-order valence-electron chi connectivity index (χ3n) is 5.25. The molecule has 1 heterocycles. The molecule has 0 radical (unpaired) electrons. The van der Waals surface area contributed by atoms with Crippen LogP contribution in [0.1, 0.15) is 33.6 Å².